The lowest BCUT2D eigenvalue weighted by atomic mass is 9.78. The Bertz CT molecular complexity index is 779. The molecule has 0 radical (unpaired) electrons. The highest BCUT2D eigenvalue weighted by atomic mass is 16.6. The number of aromatic hydroxyl groups is 1. The molecule has 0 aromatic heterocycles. The molecule has 0 heterocycles. The number of phenols is 1. The van der Waals surface area contributed by atoms with Crippen molar-refractivity contribution in [3.05, 3.63) is 41.5 Å². The minimum Gasteiger partial charge on any atom is -0.507 e. The molecule has 1 rings (SSSR count). The quantitative estimate of drug-likeness (QED) is 0.520. The van der Waals surface area contributed by atoms with E-state index < -0.39 is 30.6 Å². The van der Waals surface area contributed by atoms with Gasteiger partial charge in [-0.15, -0.1) is 0 Å². The predicted octanol–water partition coefficient (Wildman–Crippen LogP) is 3.26. The third kappa shape index (κ3) is 7.21. The van der Waals surface area contributed by atoms with Crippen LogP contribution in [0.4, 0.5) is 0 Å². The van der Waals surface area contributed by atoms with E-state index in [4.69, 9.17) is 9.47 Å². The number of hydrogen-bond donors (Lipinski definition) is 2. The van der Waals surface area contributed by atoms with Crippen LogP contribution in [0.3, 0.4) is 0 Å². The van der Waals surface area contributed by atoms with Crippen LogP contribution in [0.5, 0.6) is 5.75 Å². The number of ether oxygens (including phenoxy) is 2. The van der Waals surface area contributed by atoms with Crippen molar-refractivity contribution in [1.29, 1.82) is 0 Å². The van der Waals surface area contributed by atoms with Crippen molar-refractivity contribution in [2.45, 2.75) is 71.9 Å². The molecular formula is C23H33NO6. The molecular weight excluding hydrogens is 386 g/mol. The minimum absolute atomic E-state index is 0.146. The topological polar surface area (TPSA) is 102 Å². The van der Waals surface area contributed by atoms with Crippen molar-refractivity contribution in [2.75, 3.05) is 6.61 Å². The molecule has 1 aromatic rings. The van der Waals surface area contributed by atoms with E-state index in [0.717, 1.165) is 22.8 Å². The molecule has 0 spiro atoms. The summed E-state index contributed by atoms with van der Waals surface area (Å²) in [5, 5.41) is 13.5. The minimum atomic E-state index is -1.29. The van der Waals surface area contributed by atoms with Crippen LogP contribution < -0.4 is 5.32 Å². The summed E-state index contributed by atoms with van der Waals surface area (Å²) in [6.07, 6.45) is -0.361. The van der Waals surface area contributed by atoms with Gasteiger partial charge in [0.25, 0.3) is 5.91 Å². The lowest BCUT2D eigenvalue weighted by molar-refractivity contribution is -0.160. The fourth-order valence-corrected chi connectivity index (χ4v) is 2.79. The van der Waals surface area contributed by atoms with E-state index in [1.807, 2.05) is 53.7 Å². The lowest BCUT2D eigenvalue weighted by Crippen LogP contribution is -2.40. The first kappa shape index (κ1) is 25.2. The Morgan fingerprint density at radius 1 is 1.10 bits per heavy atom. The number of benzene rings is 1. The molecule has 166 valence electrons. The van der Waals surface area contributed by atoms with E-state index in [0.29, 0.717) is 0 Å². The Balaban J connectivity index is 3.13. The molecule has 0 aliphatic heterocycles. The maximum atomic E-state index is 12.5. The molecule has 0 aliphatic carbocycles. The maximum Gasteiger partial charge on any atom is 0.331 e. The van der Waals surface area contributed by atoms with Gasteiger partial charge >= 0.3 is 11.9 Å². The molecule has 0 aliphatic rings. The summed E-state index contributed by atoms with van der Waals surface area (Å²) in [6, 6.07) is 3.70. The van der Waals surface area contributed by atoms with Crippen molar-refractivity contribution in [1.82, 2.24) is 5.32 Å². The van der Waals surface area contributed by atoms with Crippen molar-refractivity contribution < 1.29 is 29.0 Å². The molecule has 30 heavy (non-hydrogen) atoms. The van der Waals surface area contributed by atoms with Gasteiger partial charge in [0.05, 0.1) is 0 Å². The van der Waals surface area contributed by atoms with Gasteiger partial charge in [-0.3, -0.25) is 9.59 Å². The molecule has 1 aromatic carbocycles. The second-order valence-electron chi connectivity index (χ2n) is 9.19. The summed E-state index contributed by atoms with van der Waals surface area (Å²) >= 11 is 0. The molecule has 1 amide bonds. The number of nitrogens with one attached hydrogen (secondary N) is 1. The first-order valence-electron chi connectivity index (χ1n) is 9.77. The summed E-state index contributed by atoms with van der Waals surface area (Å²) in [5.41, 5.74) is 1.72. The number of esters is 2. The SMILES string of the molecule is C=CC(=O)OC(COC(C)=O)C(=O)NCc1cc(C(C)(C)C)c(O)c(C(C)(C)C)c1. The lowest BCUT2D eigenvalue weighted by Gasteiger charge is -2.28. The van der Waals surface area contributed by atoms with Crippen molar-refractivity contribution in [3.63, 3.8) is 0 Å². The van der Waals surface area contributed by atoms with Crippen LogP contribution in [0, 0.1) is 0 Å². The molecule has 1 atom stereocenters. The number of phenolic OH excluding ortho intramolecular Hbond substituents is 1. The summed E-state index contributed by atoms with van der Waals surface area (Å²) in [5.74, 6) is -1.74. The van der Waals surface area contributed by atoms with Crippen LogP contribution in [-0.4, -0.2) is 35.7 Å². The number of carbonyl (C=O) groups excluding carboxylic acids is 3. The van der Waals surface area contributed by atoms with Crippen LogP contribution in [0.2, 0.25) is 0 Å². The summed E-state index contributed by atoms with van der Waals surface area (Å²) < 4.78 is 9.81. The van der Waals surface area contributed by atoms with Crippen molar-refractivity contribution >= 4 is 17.8 Å². The van der Waals surface area contributed by atoms with Crippen molar-refractivity contribution in [2.24, 2.45) is 0 Å². The van der Waals surface area contributed by atoms with E-state index in [1.54, 1.807) is 0 Å². The Hall–Kier alpha value is -2.83. The second-order valence-corrected chi connectivity index (χ2v) is 9.19. The Morgan fingerprint density at radius 2 is 1.60 bits per heavy atom. The Kier molecular flexibility index (Phi) is 8.22. The van der Waals surface area contributed by atoms with Gasteiger partial charge in [0.1, 0.15) is 12.4 Å². The zero-order valence-corrected chi connectivity index (χ0v) is 18.9. The van der Waals surface area contributed by atoms with Gasteiger partial charge in [-0.25, -0.2) is 4.79 Å². The number of amides is 1. The van der Waals surface area contributed by atoms with Gasteiger partial charge in [0.2, 0.25) is 6.10 Å². The average Bonchev–Trinajstić information content (AvgIpc) is 2.61. The number of hydrogen-bond acceptors (Lipinski definition) is 6. The van der Waals surface area contributed by atoms with E-state index in [-0.39, 0.29) is 23.1 Å². The van der Waals surface area contributed by atoms with Crippen molar-refractivity contribution in [3.8, 4) is 5.75 Å². The van der Waals surface area contributed by atoms with Crippen LogP contribution >= 0.6 is 0 Å². The first-order chi connectivity index (χ1) is 13.7. The largest absolute Gasteiger partial charge is 0.507 e. The predicted molar refractivity (Wildman–Crippen MR) is 114 cm³/mol. The summed E-state index contributed by atoms with van der Waals surface area (Å²) in [7, 11) is 0. The molecule has 7 heteroatoms. The van der Waals surface area contributed by atoms with Gasteiger partial charge in [-0.1, -0.05) is 48.1 Å². The van der Waals surface area contributed by atoms with Gasteiger partial charge in [0.15, 0.2) is 0 Å². The standard InChI is InChI=1S/C23H33NO6/c1-9-19(26)30-18(13-29-14(2)25)21(28)24-12-15-10-16(22(3,4)5)20(27)17(11-15)23(6,7)8/h9-11,18,27H,1,12-13H2,2-8H3,(H,24,28). The molecule has 0 bridgehead atoms. The van der Waals surface area contributed by atoms with E-state index >= 15 is 0 Å². The zero-order valence-electron chi connectivity index (χ0n) is 18.9. The first-order valence-corrected chi connectivity index (χ1v) is 9.77. The molecule has 1 unspecified atom stereocenters. The van der Waals surface area contributed by atoms with Gasteiger partial charge in [-0.2, -0.15) is 0 Å². The van der Waals surface area contributed by atoms with Crippen LogP contribution in [0.15, 0.2) is 24.8 Å². The van der Waals surface area contributed by atoms with Crippen LogP contribution in [0.25, 0.3) is 0 Å². The van der Waals surface area contributed by atoms with Crippen LogP contribution in [-0.2, 0) is 41.2 Å². The highest BCUT2D eigenvalue weighted by molar-refractivity contribution is 5.87. The fraction of sp³-hybridized carbons (Fsp3) is 0.522. The molecule has 0 saturated carbocycles. The summed E-state index contributed by atoms with van der Waals surface area (Å²) in [4.78, 5) is 35.1. The van der Waals surface area contributed by atoms with E-state index in [9.17, 15) is 19.5 Å². The normalized spacial score (nSPS) is 12.6. The third-order valence-electron chi connectivity index (χ3n) is 4.41. The van der Waals surface area contributed by atoms with Gasteiger partial charge < -0.3 is 19.9 Å². The van der Waals surface area contributed by atoms with Crippen LogP contribution in [0.1, 0.15) is 65.2 Å². The third-order valence-corrected chi connectivity index (χ3v) is 4.41. The number of carbonyl (C=O) groups is 3. The summed E-state index contributed by atoms with van der Waals surface area (Å²) in [6.45, 7) is 16.3. The zero-order chi connectivity index (χ0) is 23.3. The fourth-order valence-electron chi connectivity index (χ4n) is 2.79. The highest BCUT2D eigenvalue weighted by Gasteiger charge is 2.27. The molecule has 7 nitrogen and oxygen atoms in total. The highest BCUT2D eigenvalue weighted by Crippen LogP contribution is 2.39. The molecule has 0 fully saturated rings. The Labute approximate surface area is 178 Å². The second kappa shape index (κ2) is 9.78. The number of rotatable bonds is 7. The maximum absolute atomic E-state index is 12.5. The molecule has 2 N–H and O–H groups in total. The smallest absolute Gasteiger partial charge is 0.331 e. The monoisotopic (exact) mass is 419 g/mol. The Morgan fingerprint density at radius 3 is 2.00 bits per heavy atom. The molecule has 0 saturated heterocycles. The van der Waals surface area contributed by atoms with Gasteiger partial charge in [-0.05, 0) is 39.7 Å². The van der Waals surface area contributed by atoms with E-state index in [1.165, 1.54) is 6.92 Å². The average molecular weight is 420 g/mol. The van der Waals surface area contributed by atoms with E-state index in [2.05, 4.69) is 11.9 Å². The van der Waals surface area contributed by atoms with Gasteiger partial charge in [0, 0.05) is 19.5 Å².